The number of ketones is 2. The molecule has 9 heteroatoms. The van der Waals surface area contributed by atoms with E-state index in [1.165, 1.54) is 36.8 Å². The molecule has 4 heterocycles. The smallest absolute Gasteiger partial charge is 0.232 e. The molecule has 2 saturated carbocycles. The van der Waals surface area contributed by atoms with Gasteiger partial charge >= 0.3 is 0 Å². The number of allylic oxidation sites excluding steroid dienone is 6. The van der Waals surface area contributed by atoms with Gasteiger partial charge in [-0.2, -0.15) is 15.0 Å². The van der Waals surface area contributed by atoms with Gasteiger partial charge in [0.1, 0.15) is 0 Å². The zero-order valence-electron chi connectivity index (χ0n) is 28.1. The molecule has 9 nitrogen and oxygen atoms in total. The van der Waals surface area contributed by atoms with Crippen LogP contribution in [-0.4, -0.2) is 90.3 Å². The molecule has 0 aromatic carbocycles. The van der Waals surface area contributed by atoms with Crippen LogP contribution in [0.2, 0.25) is 0 Å². The minimum atomic E-state index is -0.133. The highest BCUT2D eigenvalue weighted by Gasteiger charge is 2.59. The van der Waals surface area contributed by atoms with E-state index in [4.69, 9.17) is 15.0 Å². The van der Waals surface area contributed by atoms with Crippen LogP contribution in [-0.2, 0) is 9.59 Å². The van der Waals surface area contributed by atoms with E-state index in [2.05, 4.69) is 52.5 Å². The highest BCUT2D eigenvalue weighted by atomic mass is 16.1. The van der Waals surface area contributed by atoms with Crippen molar-refractivity contribution in [2.24, 2.45) is 34.5 Å². The van der Waals surface area contributed by atoms with Gasteiger partial charge in [0.05, 0.1) is 6.54 Å². The molecule has 0 amide bonds. The van der Waals surface area contributed by atoms with Crippen LogP contribution in [0.4, 0.5) is 17.8 Å². The average molecular weight is 626 g/mol. The van der Waals surface area contributed by atoms with E-state index in [0.717, 1.165) is 95.9 Å². The molecule has 1 aromatic heterocycles. The molecule has 0 N–H and O–H groups in total. The lowest BCUT2D eigenvalue weighted by atomic mass is 9.52. The second-order valence-corrected chi connectivity index (χ2v) is 15.8. The summed E-state index contributed by atoms with van der Waals surface area (Å²) in [4.78, 5) is 50.6. The fourth-order valence-electron chi connectivity index (χ4n) is 10.6. The number of hydrogen-bond acceptors (Lipinski definition) is 9. The van der Waals surface area contributed by atoms with Crippen molar-refractivity contribution in [2.45, 2.75) is 72.1 Å². The van der Waals surface area contributed by atoms with Crippen LogP contribution in [0.3, 0.4) is 0 Å². The van der Waals surface area contributed by atoms with Gasteiger partial charge in [-0.25, -0.2) is 0 Å². The van der Waals surface area contributed by atoms with E-state index in [9.17, 15) is 9.59 Å². The Bertz CT molecular complexity index is 1450. The Morgan fingerprint density at radius 1 is 0.870 bits per heavy atom. The van der Waals surface area contributed by atoms with Crippen LogP contribution < -0.4 is 14.7 Å². The lowest BCUT2D eigenvalue weighted by Gasteiger charge is -2.52. The third-order valence-corrected chi connectivity index (χ3v) is 13.0. The molecule has 4 aliphatic carbocycles. The molecular formula is C37H51N7O2. The Labute approximate surface area is 274 Å². The Morgan fingerprint density at radius 2 is 1.46 bits per heavy atom. The number of anilines is 3. The van der Waals surface area contributed by atoms with Crippen molar-refractivity contribution < 1.29 is 9.59 Å². The minimum Gasteiger partial charge on any atom is -0.341 e. The fourth-order valence-corrected chi connectivity index (χ4v) is 10.6. The van der Waals surface area contributed by atoms with Crippen molar-refractivity contribution in [2.75, 3.05) is 73.6 Å². The van der Waals surface area contributed by atoms with E-state index in [1.807, 2.05) is 6.08 Å². The molecule has 0 spiro atoms. The Morgan fingerprint density at radius 3 is 2.07 bits per heavy atom. The molecule has 46 heavy (non-hydrogen) atoms. The molecule has 6 atom stereocenters. The maximum Gasteiger partial charge on any atom is 0.232 e. The summed E-state index contributed by atoms with van der Waals surface area (Å²) in [5.41, 5.74) is 2.65. The standard InChI is InChI=1S/C37H51N7O2/c1-25-22-30-28-9-8-26-23-27(45)10-12-36(26,2)29(28)11-13-37(30,3)32(25)31(46)24-41-18-20-44(21-19-41)35-39-33(42-14-4-5-15-42)38-34(40-35)43-16-6-7-17-43/h10-12,23,25,28,30,32H,4-9,13-22,24H2,1-3H3/t25?,28-,30+,32-,36+,37+/m1/s1. The number of hydrogen-bond donors (Lipinski definition) is 0. The molecule has 5 fully saturated rings. The molecule has 0 radical (unpaired) electrons. The first-order valence-electron chi connectivity index (χ1n) is 18.1. The largest absolute Gasteiger partial charge is 0.341 e. The van der Waals surface area contributed by atoms with Gasteiger partial charge in [-0.15, -0.1) is 0 Å². The van der Waals surface area contributed by atoms with E-state index < -0.39 is 0 Å². The lowest BCUT2D eigenvalue weighted by molar-refractivity contribution is -0.129. The number of aromatic nitrogens is 3. The Hall–Kier alpha value is -3.07. The van der Waals surface area contributed by atoms with E-state index in [1.54, 1.807) is 6.08 Å². The summed E-state index contributed by atoms with van der Waals surface area (Å²) in [6, 6.07) is 0. The van der Waals surface area contributed by atoms with Crippen molar-refractivity contribution >= 4 is 29.4 Å². The maximum absolute atomic E-state index is 14.2. The summed E-state index contributed by atoms with van der Waals surface area (Å²) in [7, 11) is 0. The summed E-state index contributed by atoms with van der Waals surface area (Å²) in [5, 5.41) is 0. The zero-order valence-corrected chi connectivity index (χ0v) is 28.1. The van der Waals surface area contributed by atoms with Gasteiger partial charge < -0.3 is 14.7 Å². The van der Waals surface area contributed by atoms with Crippen LogP contribution >= 0.6 is 0 Å². The molecule has 1 aromatic rings. The van der Waals surface area contributed by atoms with Crippen molar-refractivity contribution in [3.8, 4) is 0 Å². The first-order chi connectivity index (χ1) is 22.2. The summed E-state index contributed by atoms with van der Waals surface area (Å²) in [6.07, 6.45) is 17.2. The molecular weight excluding hydrogens is 574 g/mol. The molecule has 8 rings (SSSR count). The number of Topliss-reactive ketones (excluding diaryl/α,β-unsaturated/α-hetero) is 1. The topological polar surface area (TPSA) is 85.8 Å². The first-order valence-corrected chi connectivity index (χ1v) is 18.1. The van der Waals surface area contributed by atoms with Crippen LogP contribution in [0.5, 0.6) is 0 Å². The molecule has 0 bridgehead atoms. The van der Waals surface area contributed by atoms with Crippen LogP contribution in [0.1, 0.15) is 72.1 Å². The first kappa shape index (κ1) is 30.3. The number of fused-ring (bicyclic) bond motifs is 5. The van der Waals surface area contributed by atoms with Crippen molar-refractivity contribution in [1.82, 2.24) is 19.9 Å². The van der Waals surface area contributed by atoms with Crippen molar-refractivity contribution in [3.05, 3.63) is 35.5 Å². The van der Waals surface area contributed by atoms with Crippen LogP contribution in [0.15, 0.2) is 35.5 Å². The normalized spacial score (nSPS) is 36.0. The third-order valence-electron chi connectivity index (χ3n) is 13.0. The molecule has 3 aliphatic heterocycles. The zero-order chi connectivity index (χ0) is 31.6. The lowest BCUT2D eigenvalue weighted by Crippen LogP contribution is -2.51. The summed E-state index contributed by atoms with van der Waals surface area (Å²) >= 11 is 0. The second kappa shape index (κ2) is 11.6. The van der Waals surface area contributed by atoms with Gasteiger partial charge in [-0.05, 0) is 93.6 Å². The van der Waals surface area contributed by atoms with Gasteiger partial charge in [0.15, 0.2) is 11.6 Å². The van der Waals surface area contributed by atoms with Gasteiger partial charge in [-0.3, -0.25) is 14.5 Å². The predicted octanol–water partition coefficient (Wildman–Crippen LogP) is 4.85. The number of carbonyl (C=O) groups excluding carboxylic acids is 2. The Balaban J connectivity index is 0.947. The van der Waals surface area contributed by atoms with E-state index in [-0.39, 0.29) is 22.5 Å². The van der Waals surface area contributed by atoms with Crippen LogP contribution in [0, 0.1) is 34.5 Å². The quantitative estimate of drug-likeness (QED) is 0.412. The minimum absolute atomic E-state index is 0.00108. The average Bonchev–Trinajstić information content (AvgIpc) is 3.83. The highest BCUT2D eigenvalue weighted by Crippen LogP contribution is 2.65. The fraction of sp³-hybridized carbons (Fsp3) is 0.703. The van der Waals surface area contributed by atoms with Gasteiger partial charge in [0.2, 0.25) is 17.8 Å². The number of piperazine rings is 1. The van der Waals surface area contributed by atoms with Gasteiger partial charge in [0, 0.05) is 63.7 Å². The third kappa shape index (κ3) is 5.03. The van der Waals surface area contributed by atoms with Gasteiger partial charge in [-0.1, -0.05) is 37.1 Å². The summed E-state index contributed by atoms with van der Waals surface area (Å²) < 4.78 is 0. The number of carbonyl (C=O) groups is 2. The van der Waals surface area contributed by atoms with Crippen molar-refractivity contribution in [3.63, 3.8) is 0 Å². The molecule has 246 valence electrons. The maximum atomic E-state index is 14.2. The van der Waals surface area contributed by atoms with E-state index >= 15 is 0 Å². The Kier molecular flexibility index (Phi) is 7.61. The monoisotopic (exact) mass is 625 g/mol. The SMILES string of the molecule is CC1C[C@H]2[C@@H]3CCC4=CC(=O)C=C[C@]4(C)C3=CC[C@]2(C)[C@H]1C(=O)CN1CCN(c2nc(N3CCCC3)nc(N3CCCC3)n2)CC1. The predicted molar refractivity (Wildman–Crippen MR) is 181 cm³/mol. The molecule has 3 saturated heterocycles. The summed E-state index contributed by atoms with van der Waals surface area (Å²) in [6.45, 7) is 15.0. The van der Waals surface area contributed by atoms with Crippen molar-refractivity contribution in [1.29, 1.82) is 0 Å². The molecule has 7 aliphatic rings. The van der Waals surface area contributed by atoms with E-state index in [0.29, 0.717) is 30.1 Å². The second-order valence-electron chi connectivity index (χ2n) is 15.8. The van der Waals surface area contributed by atoms with Crippen LogP contribution in [0.25, 0.3) is 0 Å². The summed E-state index contributed by atoms with van der Waals surface area (Å²) in [5.74, 6) is 4.52. The highest BCUT2D eigenvalue weighted by molar-refractivity contribution is 6.01. The number of nitrogens with zero attached hydrogens (tertiary/aromatic N) is 7. The molecule has 1 unspecified atom stereocenters. The van der Waals surface area contributed by atoms with Gasteiger partial charge in [0.25, 0.3) is 0 Å². The number of rotatable bonds is 6.